The van der Waals surface area contributed by atoms with Gasteiger partial charge >= 0.3 is 0 Å². The molecule has 2 aromatic rings. The number of hydrogen-bond donors (Lipinski definition) is 1. The minimum absolute atomic E-state index is 0.0351. The first-order chi connectivity index (χ1) is 16.5. The number of sulfonamides is 1. The van der Waals surface area contributed by atoms with E-state index in [4.69, 9.17) is 14.2 Å². The Balaban J connectivity index is 1.92. The Morgan fingerprint density at radius 3 is 2.46 bits per heavy atom. The fourth-order valence-corrected chi connectivity index (χ4v) is 4.45. The fraction of sp³-hybridized carbons (Fsp3) is 0.417. The molecule has 0 saturated heterocycles. The van der Waals surface area contributed by atoms with Crippen LogP contribution in [0.5, 0.6) is 17.2 Å². The highest BCUT2D eigenvalue weighted by molar-refractivity contribution is 7.92. The van der Waals surface area contributed by atoms with Crippen molar-refractivity contribution in [2.75, 3.05) is 31.0 Å². The zero-order chi connectivity index (χ0) is 25.8. The predicted molar refractivity (Wildman–Crippen MR) is 131 cm³/mol. The highest BCUT2D eigenvalue weighted by atomic mass is 32.2. The van der Waals surface area contributed by atoms with E-state index in [-0.39, 0.29) is 31.0 Å². The maximum absolute atomic E-state index is 13.6. The molecule has 2 amide bonds. The molecule has 1 aliphatic rings. The van der Waals surface area contributed by atoms with Gasteiger partial charge in [0.1, 0.15) is 18.3 Å². The summed E-state index contributed by atoms with van der Waals surface area (Å²) in [6.07, 6.45) is 1.02. The summed E-state index contributed by atoms with van der Waals surface area (Å²) < 4.78 is 42.2. The lowest BCUT2D eigenvalue weighted by molar-refractivity contribution is -0.139. The summed E-state index contributed by atoms with van der Waals surface area (Å²) in [5, 5.41) is 2.81. The number of benzene rings is 2. The van der Waals surface area contributed by atoms with Gasteiger partial charge in [0.15, 0.2) is 11.5 Å². The number of rotatable bonds is 10. The van der Waals surface area contributed by atoms with Crippen LogP contribution in [0.3, 0.4) is 0 Å². The number of carbonyl (C=O) groups is 2. The SMILES string of the molecule is COc1cccc(CN(C(=O)CN(c2ccc3c(c2)OCO3)S(C)(=O)=O)[C@@H](C)C(=O)NC(C)C)c1. The van der Waals surface area contributed by atoms with Crippen LogP contribution >= 0.6 is 0 Å². The molecule has 1 N–H and O–H groups in total. The number of nitrogens with zero attached hydrogens (tertiary/aromatic N) is 2. The average molecular weight is 506 g/mol. The van der Waals surface area contributed by atoms with Crippen LogP contribution in [0.15, 0.2) is 42.5 Å². The zero-order valence-electron chi connectivity index (χ0n) is 20.5. The molecule has 3 rings (SSSR count). The summed E-state index contributed by atoms with van der Waals surface area (Å²) in [5.74, 6) is 0.605. The highest BCUT2D eigenvalue weighted by Crippen LogP contribution is 2.36. The molecule has 0 aromatic heterocycles. The highest BCUT2D eigenvalue weighted by Gasteiger charge is 2.31. The Morgan fingerprint density at radius 2 is 1.80 bits per heavy atom. The number of ether oxygens (including phenoxy) is 3. The summed E-state index contributed by atoms with van der Waals surface area (Å²) in [6.45, 7) is 4.88. The van der Waals surface area contributed by atoms with Crippen molar-refractivity contribution in [2.24, 2.45) is 0 Å². The van der Waals surface area contributed by atoms with E-state index in [0.717, 1.165) is 16.1 Å². The smallest absolute Gasteiger partial charge is 0.244 e. The van der Waals surface area contributed by atoms with E-state index >= 15 is 0 Å². The Hall–Kier alpha value is -3.47. The molecule has 0 aliphatic carbocycles. The van der Waals surface area contributed by atoms with Crippen molar-refractivity contribution in [1.29, 1.82) is 0 Å². The lowest BCUT2D eigenvalue weighted by Crippen LogP contribution is -2.52. The Morgan fingerprint density at radius 1 is 1.09 bits per heavy atom. The summed E-state index contributed by atoms with van der Waals surface area (Å²) in [5.41, 5.74) is 0.988. The molecule has 0 spiro atoms. The largest absolute Gasteiger partial charge is 0.497 e. The second kappa shape index (κ2) is 10.9. The van der Waals surface area contributed by atoms with Crippen molar-refractivity contribution in [1.82, 2.24) is 10.2 Å². The minimum Gasteiger partial charge on any atom is -0.497 e. The van der Waals surface area contributed by atoms with Crippen molar-refractivity contribution >= 4 is 27.5 Å². The summed E-state index contributed by atoms with van der Waals surface area (Å²) >= 11 is 0. The number of anilines is 1. The molecule has 190 valence electrons. The molecular formula is C24H31N3O7S. The van der Waals surface area contributed by atoms with E-state index in [0.29, 0.717) is 17.2 Å². The van der Waals surface area contributed by atoms with E-state index in [1.807, 2.05) is 19.9 Å². The van der Waals surface area contributed by atoms with Crippen molar-refractivity contribution in [3.05, 3.63) is 48.0 Å². The number of carbonyl (C=O) groups excluding carboxylic acids is 2. The molecule has 0 radical (unpaired) electrons. The van der Waals surface area contributed by atoms with Crippen molar-refractivity contribution in [3.8, 4) is 17.2 Å². The molecule has 1 atom stereocenters. The predicted octanol–water partition coefficient (Wildman–Crippen LogP) is 2.13. The molecular weight excluding hydrogens is 474 g/mol. The Kier molecular flexibility index (Phi) is 8.11. The number of fused-ring (bicyclic) bond motifs is 1. The van der Waals surface area contributed by atoms with Crippen molar-refractivity contribution in [2.45, 2.75) is 39.4 Å². The van der Waals surface area contributed by atoms with Crippen LogP contribution in [-0.2, 0) is 26.2 Å². The molecule has 0 fully saturated rings. The average Bonchev–Trinajstić information content (AvgIpc) is 3.27. The van der Waals surface area contributed by atoms with Gasteiger partial charge in [-0.15, -0.1) is 0 Å². The summed E-state index contributed by atoms with van der Waals surface area (Å²) in [6, 6.07) is 10.8. The first-order valence-electron chi connectivity index (χ1n) is 11.1. The van der Waals surface area contributed by atoms with Gasteiger partial charge in [-0.25, -0.2) is 8.42 Å². The van der Waals surface area contributed by atoms with E-state index in [2.05, 4.69) is 5.32 Å². The van der Waals surface area contributed by atoms with Crippen LogP contribution in [0.25, 0.3) is 0 Å². The van der Waals surface area contributed by atoms with Gasteiger partial charge < -0.3 is 24.4 Å². The molecule has 35 heavy (non-hydrogen) atoms. The molecule has 10 nitrogen and oxygen atoms in total. The fourth-order valence-electron chi connectivity index (χ4n) is 3.61. The van der Waals surface area contributed by atoms with Gasteiger partial charge in [0, 0.05) is 18.7 Å². The monoisotopic (exact) mass is 505 g/mol. The van der Waals surface area contributed by atoms with Crippen LogP contribution in [0.2, 0.25) is 0 Å². The molecule has 0 saturated carbocycles. The third kappa shape index (κ3) is 6.56. The first-order valence-corrected chi connectivity index (χ1v) is 12.9. The molecule has 2 aromatic carbocycles. The van der Waals surface area contributed by atoms with Crippen LogP contribution < -0.4 is 23.8 Å². The minimum atomic E-state index is -3.84. The van der Waals surface area contributed by atoms with Gasteiger partial charge in [0.2, 0.25) is 28.6 Å². The maximum Gasteiger partial charge on any atom is 0.244 e. The van der Waals surface area contributed by atoms with Crippen LogP contribution in [0.4, 0.5) is 5.69 Å². The van der Waals surface area contributed by atoms with Crippen LogP contribution in [0, 0.1) is 0 Å². The normalized spacial score (nSPS) is 13.3. The van der Waals surface area contributed by atoms with E-state index in [9.17, 15) is 18.0 Å². The van der Waals surface area contributed by atoms with E-state index in [1.165, 1.54) is 18.1 Å². The van der Waals surface area contributed by atoms with Gasteiger partial charge in [-0.3, -0.25) is 13.9 Å². The summed E-state index contributed by atoms with van der Waals surface area (Å²) in [4.78, 5) is 27.7. The van der Waals surface area contributed by atoms with Gasteiger partial charge in [-0.2, -0.15) is 0 Å². The standard InChI is InChI=1S/C24H31N3O7S/c1-16(2)25-24(29)17(3)26(13-18-7-6-8-20(11-18)32-4)23(28)14-27(35(5,30)31)19-9-10-21-22(12-19)34-15-33-21/h6-12,16-17H,13-15H2,1-5H3,(H,25,29)/t17-/m0/s1. The third-order valence-electron chi connectivity index (χ3n) is 5.41. The maximum atomic E-state index is 13.6. The number of amides is 2. The Labute approximate surface area is 205 Å². The lowest BCUT2D eigenvalue weighted by atomic mass is 10.1. The third-order valence-corrected chi connectivity index (χ3v) is 6.55. The van der Waals surface area contributed by atoms with Gasteiger partial charge in [0.05, 0.1) is 19.1 Å². The number of hydrogen-bond acceptors (Lipinski definition) is 7. The topological polar surface area (TPSA) is 114 Å². The van der Waals surface area contributed by atoms with E-state index in [1.54, 1.807) is 37.3 Å². The second-order valence-corrected chi connectivity index (χ2v) is 10.4. The van der Waals surface area contributed by atoms with Gasteiger partial charge in [-0.05, 0) is 50.6 Å². The molecule has 1 heterocycles. The molecule has 11 heteroatoms. The van der Waals surface area contributed by atoms with Crippen LogP contribution in [0.1, 0.15) is 26.3 Å². The lowest BCUT2D eigenvalue weighted by Gasteiger charge is -2.32. The molecule has 1 aliphatic heterocycles. The second-order valence-electron chi connectivity index (χ2n) is 8.52. The van der Waals surface area contributed by atoms with Gasteiger partial charge in [-0.1, -0.05) is 12.1 Å². The Bertz CT molecular complexity index is 1180. The number of methoxy groups -OCH3 is 1. The van der Waals surface area contributed by atoms with Gasteiger partial charge in [0.25, 0.3) is 0 Å². The molecule has 0 unspecified atom stereocenters. The van der Waals surface area contributed by atoms with E-state index < -0.39 is 28.5 Å². The first kappa shape index (κ1) is 26.1. The summed E-state index contributed by atoms with van der Waals surface area (Å²) in [7, 11) is -2.31. The van der Waals surface area contributed by atoms with Crippen molar-refractivity contribution < 1.29 is 32.2 Å². The quantitative estimate of drug-likeness (QED) is 0.526. The van der Waals surface area contributed by atoms with Crippen LogP contribution in [-0.4, -0.2) is 63.9 Å². The number of nitrogens with one attached hydrogen (secondary N) is 1. The van der Waals surface area contributed by atoms with Crippen molar-refractivity contribution in [3.63, 3.8) is 0 Å². The molecule has 0 bridgehead atoms. The zero-order valence-corrected chi connectivity index (χ0v) is 21.3.